The lowest BCUT2D eigenvalue weighted by Gasteiger charge is -2.31. The highest BCUT2D eigenvalue weighted by Gasteiger charge is 2.27. The number of nitrogens with one attached hydrogen (secondary N) is 1. The van der Waals surface area contributed by atoms with Gasteiger partial charge < -0.3 is 16.0 Å². The van der Waals surface area contributed by atoms with Crippen molar-refractivity contribution in [3.05, 3.63) is 23.8 Å². The number of benzene rings is 1. The average molecular weight is 343 g/mol. The summed E-state index contributed by atoms with van der Waals surface area (Å²) in [6, 6.07) is 5.61. The van der Waals surface area contributed by atoms with Gasteiger partial charge >= 0.3 is 0 Å². The minimum Gasteiger partial charge on any atom is -0.398 e. The highest BCUT2D eigenvalue weighted by molar-refractivity contribution is 5.96. The molecule has 5 heteroatoms. The summed E-state index contributed by atoms with van der Waals surface area (Å²) in [4.78, 5) is 27.0. The molecule has 25 heavy (non-hydrogen) atoms. The van der Waals surface area contributed by atoms with Gasteiger partial charge in [0.05, 0.1) is 0 Å². The third-order valence-corrected chi connectivity index (χ3v) is 5.43. The number of nitrogens with zero attached hydrogens (tertiary/aromatic N) is 1. The molecule has 0 spiro atoms. The van der Waals surface area contributed by atoms with Crippen LogP contribution in [0.15, 0.2) is 18.2 Å². The average Bonchev–Trinajstić information content (AvgIpc) is 2.62. The normalized spacial score (nSPS) is 19.2. The molecule has 1 heterocycles. The van der Waals surface area contributed by atoms with E-state index in [0.29, 0.717) is 6.42 Å². The van der Waals surface area contributed by atoms with Crippen molar-refractivity contribution in [1.29, 1.82) is 0 Å². The van der Waals surface area contributed by atoms with Crippen molar-refractivity contribution in [1.82, 2.24) is 5.32 Å². The molecule has 1 atom stereocenters. The first-order valence-corrected chi connectivity index (χ1v) is 9.54. The number of nitrogen functional groups attached to an aromatic ring is 1. The summed E-state index contributed by atoms with van der Waals surface area (Å²) in [7, 11) is 0. The van der Waals surface area contributed by atoms with Crippen LogP contribution in [0.1, 0.15) is 57.4 Å². The molecule has 2 aliphatic rings. The molecule has 1 aliphatic carbocycles. The number of fused-ring (bicyclic) bond motifs is 1. The Morgan fingerprint density at radius 1 is 1.24 bits per heavy atom. The minimum absolute atomic E-state index is 0.0583. The molecule has 0 saturated heterocycles. The Morgan fingerprint density at radius 3 is 2.76 bits per heavy atom. The van der Waals surface area contributed by atoms with Gasteiger partial charge in [0.2, 0.25) is 11.8 Å². The molecular weight excluding hydrogens is 314 g/mol. The van der Waals surface area contributed by atoms with Crippen LogP contribution in [0.3, 0.4) is 0 Å². The molecule has 0 aromatic heterocycles. The second kappa shape index (κ2) is 7.89. The van der Waals surface area contributed by atoms with Crippen molar-refractivity contribution in [2.75, 3.05) is 17.2 Å². The van der Waals surface area contributed by atoms with Crippen LogP contribution in [0.4, 0.5) is 11.4 Å². The van der Waals surface area contributed by atoms with E-state index in [4.69, 9.17) is 5.73 Å². The fourth-order valence-corrected chi connectivity index (χ4v) is 4.06. The van der Waals surface area contributed by atoms with E-state index in [0.717, 1.165) is 62.0 Å². The predicted molar refractivity (Wildman–Crippen MR) is 100 cm³/mol. The fourth-order valence-electron chi connectivity index (χ4n) is 4.06. The Kier molecular flexibility index (Phi) is 5.61. The Balaban J connectivity index is 1.59. The number of nitrogens with two attached hydrogens (primary N) is 1. The monoisotopic (exact) mass is 343 g/mol. The lowest BCUT2D eigenvalue weighted by molar-refractivity contribution is -0.126. The van der Waals surface area contributed by atoms with Crippen molar-refractivity contribution < 1.29 is 9.59 Å². The number of hydrogen-bond acceptors (Lipinski definition) is 3. The van der Waals surface area contributed by atoms with E-state index in [9.17, 15) is 9.59 Å². The van der Waals surface area contributed by atoms with Crippen molar-refractivity contribution >= 4 is 23.2 Å². The summed E-state index contributed by atoms with van der Waals surface area (Å²) in [6.07, 6.45) is 7.63. The third-order valence-electron chi connectivity index (χ3n) is 5.43. The molecule has 1 saturated carbocycles. The number of rotatable bonds is 4. The minimum atomic E-state index is -0.145. The highest BCUT2D eigenvalue weighted by atomic mass is 16.2. The van der Waals surface area contributed by atoms with E-state index in [1.54, 1.807) is 0 Å². The van der Waals surface area contributed by atoms with E-state index in [-0.39, 0.29) is 23.8 Å². The first-order chi connectivity index (χ1) is 12.1. The van der Waals surface area contributed by atoms with Gasteiger partial charge in [-0.05, 0) is 50.3 Å². The molecule has 3 N–H and O–H groups in total. The maximum atomic E-state index is 12.8. The van der Waals surface area contributed by atoms with Gasteiger partial charge in [0.15, 0.2) is 0 Å². The fraction of sp³-hybridized carbons (Fsp3) is 0.600. The summed E-state index contributed by atoms with van der Waals surface area (Å²) in [5, 5.41) is 3.04. The first kappa shape index (κ1) is 17.8. The van der Waals surface area contributed by atoms with E-state index in [1.807, 2.05) is 30.0 Å². The van der Waals surface area contributed by atoms with Crippen LogP contribution in [0.5, 0.6) is 0 Å². The van der Waals surface area contributed by atoms with Crippen molar-refractivity contribution in [2.45, 2.75) is 64.3 Å². The molecule has 2 amide bonds. The van der Waals surface area contributed by atoms with Crippen LogP contribution < -0.4 is 16.0 Å². The molecule has 136 valence electrons. The van der Waals surface area contributed by atoms with Gasteiger partial charge in [-0.2, -0.15) is 0 Å². The van der Waals surface area contributed by atoms with Gasteiger partial charge in [0.1, 0.15) is 0 Å². The maximum absolute atomic E-state index is 12.8. The molecule has 0 radical (unpaired) electrons. The standard InChI is InChI=1S/C20H29N3O2/c1-14(22-20(25)15-7-3-2-4-8-15)13-19(24)23-12-6-9-16-17(21)10-5-11-18(16)23/h5,10-11,14-15H,2-4,6-9,12-13,21H2,1H3,(H,22,25). The van der Waals surface area contributed by atoms with E-state index >= 15 is 0 Å². The Labute approximate surface area is 150 Å². The van der Waals surface area contributed by atoms with Crippen molar-refractivity contribution in [3.8, 4) is 0 Å². The topological polar surface area (TPSA) is 75.4 Å². The number of amides is 2. The van der Waals surface area contributed by atoms with Crippen LogP contribution in [0.25, 0.3) is 0 Å². The molecular formula is C20H29N3O2. The third kappa shape index (κ3) is 4.14. The van der Waals surface area contributed by atoms with Gasteiger partial charge in [-0.3, -0.25) is 9.59 Å². The quantitative estimate of drug-likeness (QED) is 0.825. The van der Waals surface area contributed by atoms with Crippen LogP contribution >= 0.6 is 0 Å². The number of anilines is 2. The van der Waals surface area contributed by atoms with Crippen LogP contribution in [0, 0.1) is 5.92 Å². The van der Waals surface area contributed by atoms with Gasteiger partial charge in [-0.15, -0.1) is 0 Å². The number of carbonyl (C=O) groups excluding carboxylic acids is 2. The van der Waals surface area contributed by atoms with Crippen LogP contribution in [-0.4, -0.2) is 24.4 Å². The lowest BCUT2D eigenvalue weighted by Crippen LogP contribution is -2.43. The van der Waals surface area contributed by atoms with E-state index in [2.05, 4.69) is 5.32 Å². The van der Waals surface area contributed by atoms with Gasteiger partial charge in [-0.25, -0.2) is 0 Å². The molecule has 1 aromatic rings. The molecule has 1 aliphatic heterocycles. The number of hydrogen-bond donors (Lipinski definition) is 2. The molecule has 3 rings (SSSR count). The van der Waals surface area contributed by atoms with E-state index < -0.39 is 0 Å². The summed E-state index contributed by atoms with van der Waals surface area (Å²) in [5.74, 6) is 0.299. The van der Waals surface area contributed by atoms with Gasteiger partial charge in [0.25, 0.3) is 0 Å². The molecule has 5 nitrogen and oxygen atoms in total. The highest BCUT2D eigenvalue weighted by Crippen LogP contribution is 2.31. The number of carbonyl (C=O) groups is 2. The molecule has 0 bridgehead atoms. The van der Waals surface area contributed by atoms with Crippen molar-refractivity contribution in [2.24, 2.45) is 5.92 Å². The maximum Gasteiger partial charge on any atom is 0.229 e. The molecule has 1 aromatic carbocycles. The van der Waals surface area contributed by atoms with Crippen LogP contribution in [0.2, 0.25) is 0 Å². The second-order valence-electron chi connectivity index (χ2n) is 7.44. The summed E-state index contributed by atoms with van der Waals surface area (Å²) in [6.45, 7) is 2.64. The smallest absolute Gasteiger partial charge is 0.229 e. The Bertz CT molecular complexity index is 638. The predicted octanol–water partition coefficient (Wildman–Crippen LogP) is 3.02. The van der Waals surface area contributed by atoms with Crippen LogP contribution in [-0.2, 0) is 16.0 Å². The SMILES string of the molecule is CC(CC(=O)N1CCCc2c(N)cccc21)NC(=O)C1CCCCC1. The van der Waals surface area contributed by atoms with Crippen molar-refractivity contribution in [3.63, 3.8) is 0 Å². The first-order valence-electron chi connectivity index (χ1n) is 9.54. The summed E-state index contributed by atoms with van der Waals surface area (Å²) < 4.78 is 0. The zero-order valence-electron chi connectivity index (χ0n) is 15.1. The zero-order valence-corrected chi connectivity index (χ0v) is 15.1. The molecule has 1 unspecified atom stereocenters. The largest absolute Gasteiger partial charge is 0.398 e. The Morgan fingerprint density at radius 2 is 2.00 bits per heavy atom. The van der Waals surface area contributed by atoms with E-state index in [1.165, 1.54) is 6.42 Å². The second-order valence-corrected chi connectivity index (χ2v) is 7.44. The Hall–Kier alpha value is -2.04. The zero-order chi connectivity index (χ0) is 17.8. The van der Waals surface area contributed by atoms with Gasteiger partial charge in [0, 0.05) is 36.3 Å². The lowest BCUT2D eigenvalue weighted by atomic mass is 9.88. The molecule has 1 fully saturated rings. The summed E-state index contributed by atoms with van der Waals surface area (Å²) in [5.41, 5.74) is 8.82. The van der Waals surface area contributed by atoms with Gasteiger partial charge in [-0.1, -0.05) is 25.3 Å². The summed E-state index contributed by atoms with van der Waals surface area (Å²) >= 11 is 0.